The third-order valence-electron chi connectivity index (χ3n) is 7.30. The van der Waals surface area contributed by atoms with Gasteiger partial charge in [0.1, 0.15) is 5.82 Å². The molecule has 0 unspecified atom stereocenters. The number of nitrogens with zero attached hydrogens (tertiary/aromatic N) is 5. The van der Waals surface area contributed by atoms with Crippen molar-refractivity contribution in [2.75, 3.05) is 11.9 Å². The van der Waals surface area contributed by atoms with Crippen LogP contribution >= 0.6 is 0 Å². The van der Waals surface area contributed by atoms with Gasteiger partial charge in [0.25, 0.3) is 0 Å². The summed E-state index contributed by atoms with van der Waals surface area (Å²) in [7, 11) is 2.02. The van der Waals surface area contributed by atoms with Crippen LogP contribution in [0.1, 0.15) is 6.92 Å². The summed E-state index contributed by atoms with van der Waals surface area (Å²) < 4.78 is 4.48. The number of benzene rings is 4. The Morgan fingerprint density at radius 3 is 1.88 bits per heavy atom. The van der Waals surface area contributed by atoms with E-state index in [-0.39, 0.29) is 21.1 Å². The molecule has 0 N–H and O–H groups in total. The largest absolute Gasteiger partial charge is 0.510 e. The third kappa shape index (κ3) is 4.45. The number of aromatic nitrogens is 3. The van der Waals surface area contributed by atoms with Crippen LogP contribution in [0, 0.1) is 31.1 Å². The van der Waals surface area contributed by atoms with Crippen LogP contribution in [0.2, 0.25) is 0 Å². The van der Waals surface area contributed by atoms with E-state index in [2.05, 4.69) is 116 Å². The molecule has 0 saturated carbocycles. The Bertz CT molecular complexity index is 2130. The predicted molar refractivity (Wildman–Crippen MR) is 169 cm³/mol. The van der Waals surface area contributed by atoms with Crippen molar-refractivity contribution in [3.8, 4) is 23.8 Å². The maximum absolute atomic E-state index is 4.69. The minimum absolute atomic E-state index is 0. The molecule has 0 amide bonds. The number of hydrogen-bond acceptors (Lipinski definition) is 3. The summed E-state index contributed by atoms with van der Waals surface area (Å²) in [5.74, 6) is 3.13. The monoisotopic (exact) mass is 723 g/mol. The molecule has 0 fully saturated rings. The molecule has 0 spiro atoms. The van der Waals surface area contributed by atoms with Gasteiger partial charge in [0.15, 0.2) is 0 Å². The van der Waals surface area contributed by atoms with Crippen LogP contribution in [0.5, 0.6) is 0 Å². The van der Waals surface area contributed by atoms with Gasteiger partial charge in [0, 0.05) is 38.3 Å². The van der Waals surface area contributed by atoms with Gasteiger partial charge in [-0.25, -0.2) is 4.98 Å². The molecule has 3 aromatic heterocycles. The van der Waals surface area contributed by atoms with Crippen molar-refractivity contribution in [2.24, 2.45) is 0 Å². The number of anilines is 1. The normalized spacial score (nSPS) is 12.5. The number of fused-ring (bicyclic) bond motifs is 6. The molecule has 8 rings (SSSR count). The van der Waals surface area contributed by atoms with E-state index in [0.717, 1.165) is 44.6 Å². The fraction of sp³-hybridized carbons (Fsp3) is 0.0556. The first-order valence-electron chi connectivity index (χ1n) is 13.4. The molecule has 0 bridgehead atoms. The minimum atomic E-state index is 0. The summed E-state index contributed by atoms with van der Waals surface area (Å²) in [6.07, 6.45) is 10.5. The molecule has 5 nitrogen and oxygen atoms in total. The summed E-state index contributed by atoms with van der Waals surface area (Å²) in [4.78, 5) is 8.81. The number of hydrogen-bond donors (Lipinski definition) is 0. The van der Waals surface area contributed by atoms with E-state index >= 15 is 0 Å². The molecule has 7 aromatic rings. The molecule has 0 radical (unpaired) electrons. The first-order chi connectivity index (χ1) is 20.2. The quantitative estimate of drug-likeness (QED) is 0.138. The van der Waals surface area contributed by atoms with Crippen molar-refractivity contribution >= 4 is 49.3 Å². The Morgan fingerprint density at radius 2 is 1.26 bits per heavy atom. The maximum atomic E-state index is 4.69. The summed E-state index contributed by atoms with van der Waals surface area (Å²) in [5, 5.41) is 4.70. The van der Waals surface area contributed by atoms with E-state index < -0.39 is 0 Å². The van der Waals surface area contributed by atoms with Gasteiger partial charge in [-0.1, -0.05) is 59.2 Å². The van der Waals surface area contributed by atoms with Gasteiger partial charge >= 0.3 is 0 Å². The van der Waals surface area contributed by atoms with Gasteiger partial charge in [-0.15, -0.1) is 53.1 Å². The predicted octanol–water partition coefficient (Wildman–Crippen LogP) is 7.86. The second kappa shape index (κ2) is 11.2. The average Bonchev–Trinajstić information content (AvgIpc) is 3.69. The maximum Gasteiger partial charge on any atom is 0.135 e. The molecule has 1 aliphatic heterocycles. The molecular weight excluding hydrogens is 698 g/mol. The van der Waals surface area contributed by atoms with Crippen molar-refractivity contribution < 1.29 is 21.1 Å². The van der Waals surface area contributed by atoms with Crippen LogP contribution in [0.3, 0.4) is 0 Å². The molecule has 1 aliphatic rings. The Morgan fingerprint density at radius 1 is 0.690 bits per heavy atom. The van der Waals surface area contributed by atoms with Crippen molar-refractivity contribution in [1.82, 2.24) is 19.0 Å². The summed E-state index contributed by atoms with van der Waals surface area (Å²) in [6.45, 7) is 3.70. The minimum Gasteiger partial charge on any atom is -0.510 e. The van der Waals surface area contributed by atoms with Gasteiger partial charge in [0.2, 0.25) is 0 Å². The first-order valence-corrected chi connectivity index (χ1v) is 13.4. The SMILES string of the molecule is C#CC.CN1C=CN(c2[c-]c3c(cc2)c2ccccc2n3-c2[c-]c3c(cc2)c2ccccc2n3-c2ccccn2)[CH-]1.[Pt]. The zero-order chi connectivity index (χ0) is 27.9. The van der Waals surface area contributed by atoms with E-state index in [1.165, 1.54) is 16.2 Å². The van der Waals surface area contributed by atoms with E-state index in [1.807, 2.05) is 55.4 Å². The second-order valence-corrected chi connectivity index (χ2v) is 9.88. The van der Waals surface area contributed by atoms with Gasteiger partial charge in [-0.3, -0.25) is 0 Å². The molecule has 4 aromatic carbocycles. The van der Waals surface area contributed by atoms with Crippen LogP contribution < -0.4 is 4.90 Å². The number of terminal acetylenes is 1. The van der Waals surface area contributed by atoms with E-state index in [0.29, 0.717) is 0 Å². The Labute approximate surface area is 259 Å². The van der Waals surface area contributed by atoms with Gasteiger partial charge in [0.05, 0.1) is 0 Å². The van der Waals surface area contributed by atoms with Gasteiger partial charge in [-0.2, -0.15) is 18.8 Å². The Hall–Kier alpha value is -4.78. The van der Waals surface area contributed by atoms with Crippen LogP contribution in [-0.4, -0.2) is 26.1 Å². The van der Waals surface area contributed by atoms with Gasteiger partial charge in [-0.05, 0) is 61.4 Å². The molecule has 6 heteroatoms. The standard InChI is InChI=1S/C33H22N5.C3H4.Pt/c1-35-18-19-36(22-35)23-13-15-27-25-8-2-4-10-29(25)37(31(27)20-23)24-14-16-28-26-9-3-5-11-30(26)38(32(28)21-24)33-12-6-7-17-34-33;1-3-2;/h2-19,22H,1H3;1H,2H3;/q-3;;. The molecule has 0 saturated heterocycles. The molecule has 0 atom stereocenters. The summed E-state index contributed by atoms with van der Waals surface area (Å²) in [5.41, 5.74) is 6.23. The van der Waals surface area contributed by atoms with E-state index in [9.17, 15) is 0 Å². The topological polar surface area (TPSA) is 29.2 Å². The fourth-order valence-corrected chi connectivity index (χ4v) is 5.61. The molecule has 42 heavy (non-hydrogen) atoms. The first kappa shape index (κ1) is 27.4. The Kier molecular flexibility index (Phi) is 7.33. The number of para-hydroxylation sites is 2. The van der Waals surface area contributed by atoms with Crippen molar-refractivity contribution in [1.29, 1.82) is 0 Å². The fourth-order valence-electron chi connectivity index (χ4n) is 5.61. The van der Waals surface area contributed by atoms with Crippen molar-refractivity contribution in [3.05, 3.63) is 128 Å². The van der Waals surface area contributed by atoms with Crippen LogP contribution in [0.15, 0.2) is 110 Å². The van der Waals surface area contributed by atoms with Crippen LogP contribution in [-0.2, 0) is 21.1 Å². The molecular formula is C36H26N5Pt-3. The van der Waals surface area contributed by atoms with E-state index in [1.54, 1.807) is 6.92 Å². The smallest absolute Gasteiger partial charge is 0.135 e. The van der Waals surface area contributed by atoms with Crippen molar-refractivity contribution in [3.63, 3.8) is 0 Å². The van der Waals surface area contributed by atoms with Gasteiger partial charge < -0.3 is 18.9 Å². The zero-order valence-electron chi connectivity index (χ0n) is 23.1. The number of rotatable bonds is 3. The van der Waals surface area contributed by atoms with Crippen LogP contribution in [0.4, 0.5) is 5.69 Å². The Balaban J connectivity index is 0.000000759. The zero-order valence-corrected chi connectivity index (χ0v) is 25.4. The molecule has 0 aliphatic carbocycles. The average molecular weight is 724 g/mol. The second-order valence-electron chi connectivity index (χ2n) is 9.88. The molecule has 4 heterocycles. The van der Waals surface area contributed by atoms with Crippen molar-refractivity contribution in [2.45, 2.75) is 6.92 Å². The van der Waals surface area contributed by atoms with Crippen LogP contribution in [0.25, 0.3) is 55.1 Å². The number of pyridine rings is 1. The third-order valence-corrected chi connectivity index (χ3v) is 7.30. The van der Waals surface area contributed by atoms with E-state index in [4.69, 9.17) is 0 Å². The molecule has 208 valence electrons. The summed E-state index contributed by atoms with van der Waals surface area (Å²) >= 11 is 0. The summed E-state index contributed by atoms with van der Waals surface area (Å²) in [6, 6.07) is 39.2.